The maximum absolute atomic E-state index is 5.50. The summed E-state index contributed by atoms with van der Waals surface area (Å²) in [6, 6.07) is 33.8. The average Bonchev–Trinajstić information content (AvgIpc) is 3.21. The van der Waals surface area contributed by atoms with E-state index in [1.807, 2.05) is 6.07 Å². The predicted octanol–water partition coefficient (Wildman–Crippen LogP) is 5.25. The Labute approximate surface area is 147 Å². The molecule has 2 heteroatoms. The van der Waals surface area contributed by atoms with E-state index >= 15 is 0 Å². The molecule has 4 rings (SSSR count). The van der Waals surface area contributed by atoms with E-state index in [-0.39, 0.29) is 5.41 Å². The van der Waals surface area contributed by atoms with Gasteiger partial charge in [-0.3, -0.25) is 0 Å². The summed E-state index contributed by atoms with van der Waals surface area (Å²) >= 11 is 0. The van der Waals surface area contributed by atoms with Crippen LogP contribution in [0.25, 0.3) is 0 Å². The zero-order chi connectivity index (χ0) is 17.0. The van der Waals surface area contributed by atoms with Gasteiger partial charge in [-0.2, -0.15) is 0 Å². The van der Waals surface area contributed by atoms with E-state index in [1.165, 1.54) is 16.7 Å². The molecule has 3 aromatic carbocycles. The maximum atomic E-state index is 5.50. The highest BCUT2D eigenvalue weighted by Crippen LogP contribution is 2.41. The average molecular weight is 325 g/mol. The van der Waals surface area contributed by atoms with Crippen LogP contribution >= 0.6 is 0 Å². The van der Waals surface area contributed by atoms with Gasteiger partial charge in [0.05, 0.1) is 11.6 Å². The molecule has 0 radical (unpaired) electrons. The summed E-state index contributed by atoms with van der Waals surface area (Å²) in [5, 5.41) is 3.91. The Kier molecular flexibility index (Phi) is 4.17. The molecule has 0 bridgehead atoms. The molecule has 0 atom stereocenters. The lowest BCUT2D eigenvalue weighted by Gasteiger charge is -2.35. The van der Waals surface area contributed by atoms with Crippen molar-refractivity contribution in [2.24, 2.45) is 0 Å². The second-order valence-electron chi connectivity index (χ2n) is 6.16. The first kappa shape index (κ1) is 15.4. The summed E-state index contributed by atoms with van der Waals surface area (Å²) in [5.74, 6) is 0.872. The van der Waals surface area contributed by atoms with Crippen LogP contribution in [0.4, 0.5) is 0 Å². The van der Waals surface area contributed by atoms with Crippen molar-refractivity contribution in [1.82, 2.24) is 5.16 Å². The van der Waals surface area contributed by atoms with E-state index in [0.29, 0.717) is 6.42 Å². The van der Waals surface area contributed by atoms with E-state index in [2.05, 4.69) is 96.2 Å². The van der Waals surface area contributed by atoms with Crippen molar-refractivity contribution >= 4 is 0 Å². The summed E-state index contributed by atoms with van der Waals surface area (Å²) < 4.78 is 5.50. The third-order valence-electron chi connectivity index (χ3n) is 4.73. The fraction of sp³-hybridized carbons (Fsp3) is 0.0870. The molecular weight excluding hydrogens is 306 g/mol. The number of rotatable bonds is 5. The second kappa shape index (κ2) is 6.78. The molecule has 0 aliphatic heterocycles. The monoisotopic (exact) mass is 325 g/mol. The van der Waals surface area contributed by atoms with E-state index in [9.17, 15) is 0 Å². The molecule has 0 fully saturated rings. The summed E-state index contributed by atoms with van der Waals surface area (Å²) in [5.41, 5.74) is 3.39. The van der Waals surface area contributed by atoms with Gasteiger partial charge >= 0.3 is 0 Å². The van der Waals surface area contributed by atoms with Crippen LogP contribution in [0.2, 0.25) is 0 Å². The van der Waals surface area contributed by atoms with E-state index in [0.717, 1.165) is 5.76 Å². The van der Waals surface area contributed by atoms with Gasteiger partial charge in [0, 0.05) is 12.5 Å². The molecule has 25 heavy (non-hydrogen) atoms. The highest BCUT2D eigenvalue weighted by atomic mass is 16.5. The highest BCUT2D eigenvalue weighted by Gasteiger charge is 2.37. The molecule has 2 nitrogen and oxygen atoms in total. The molecule has 1 heterocycles. The van der Waals surface area contributed by atoms with Gasteiger partial charge in [0.25, 0.3) is 0 Å². The van der Waals surface area contributed by atoms with Gasteiger partial charge in [-0.1, -0.05) is 96.2 Å². The first-order chi connectivity index (χ1) is 12.4. The molecule has 0 aliphatic rings. The van der Waals surface area contributed by atoms with Gasteiger partial charge in [0.15, 0.2) is 0 Å². The Morgan fingerprint density at radius 2 is 1.04 bits per heavy atom. The van der Waals surface area contributed by atoms with E-state index in [1.54, 1.807) is 6.20 Å². The molecule has 0 N–H and O–H groups in total. The number of benzene rings is 3. The highest BCUT2D eigenvalue weighted by molar-refractivity contribution is 5.51. The fourth-order valence-corrected chi connectivity index (χ4v) is 3.57. The van der Waals surface area contributed by atoms with Crippen molar-refractivity contribution in [2.75, 3.05) is 0 Å². The fourth-order valence-electron chi connectivity index (χ4n) is 3.57. The van der Waals surface area contributed by atoms with Gasteiger partial charge in [-0.05, 0) is 16.7 Å². The van der Waals surface area contributed by atoms with Gasteiger partial charge in [0.1, 0.15) is 5.76 Å². The summed E-state index contributed by atoms with van der Waals surface area (Å²) in [6.07, 6.45) is 2.42. The van der Waals surface area contributed by atoms with Crippen molar-refractivity contribution in [1.29, 1.82) is 0 Å². The molecular formula is C23H19NO. The van der Waals surface area contributed by atoms with Gasteiger partial charge in [0.2, 0.25) is 0 Å². The maximum Gasteiger partial charge on any atom is 0.138 e. The minimum absolute atomic E-state index is 0.330. The van der Waals surface area contributed by atoms with Crippen molar-refractivity contribution in [3.63, 3.8) is 0 Å². The van der Waals surface area contributed by atoms with Crippen LogP contribution in [0, 0.1) is 0 Å². The van der Waals surface area contributed by atoms with Crippen LogP contribution in [-0.2, 0) is 11.8 Å². The Morgan fingerprint density at radius 1 is 0.600 bits per heavy atom. The summed E-state index contributed by atoms with van der Waals surface area (Å²) in [4.78, 5) is 0. The molecule has 4 aromatic rings. The number of hydrogen-bond donors (Lipinski definition) is 0. The third kappa shape index (κ3) is 2.87. The molecule has 0 saturated carbocycles. The summed E-state index contributed by atoms with van der Waals surface area (Å²) in [7, 11) is 0. The van der Waals surface area contributed by atoms with E-state index < -0.39 is 0 Å². The van der Waals surface area contributed by atoms with Crippen LogP contribution in [-0.4, -0.2) is 5.16 Å². The minimum Gasteiger partial charge on any atom is -0.361 e. The van der Waals surface area contributed by atoms with Crippen LogP contribution in [0.5, 0.6) is 0 Å². The van der Waals surface area contributed by atoms with Crippen molar-refractivity contribution in [3.05, 3.63) is 126 Å². The third-order valence-corrected chi connectivity index (χ3v) is 4.73. The number of hydrogen-bond acceptors (Lipinski definition) is 2. The van der Waals surface area contributed by atoms with Crippen LogP contribution in [0.3, 0.4) is 0 Å². The SMILES string of the molecule is c1ccc(C(Cc2ccno2)(c2ccccc2)c2ccccc2)cc1. The van der Waals surface area contributed by atoms with Crippen molar-refractivity contribution in [2.45, 2.75) is 11.8 Å². The molecule has 1 aromatic heterocycles. The van der Waals surface area contributed by atoms with Gasteiger partial charge in [-0.15, -0.1) is 0 Å². The lowest BCUT2D eigenvalue weighted by Crippen LogP contribution is -2.32. The van der Waals surface area contributed by atoms with Crippen LogP contribution in [0.1, 0.15) is 22.5 Å². The minimum atomic E-state index is -0.330. The molecule has 0 amide bonds. The van der Waals surface area contributed by atoms with Crippen molar-refractivity contribution < 1.29 is 4.52 Å². The Bertz CT molecular complexity index is 804. The first-order valence-corrected chi connectivity index (χ1v) is 8.46. The molecule has 0 aliphatic carbocycles. The topological polar surface area (TPSA) is 26.0 Å². The van der Waals surface area contributed by atoms with Gasteiger partial charge < -0.3 is 4.52 Å². The second-order valence-corrected chi connectivity index (χ2v) is 6.16. The quantitative estimate of drug-likeness (QED) is 0.468. The number of aromatic nitrogens is 1. The Morgan fingerprint density at radius 3 is 1.40 bits per heavy atom. The zero-order valence-electron chi connectivity index (χ0n) is 13.9. The molecule has 0 saturated heterocycles. The first-order valence-electron chi connectivity index (χ1n) is 8.46. The molecule has 0 unspecified atom stereocenters. The van der Waals surface area contributed by atoms with Crippen molar-refractivity contribution in [3.8, 4) is 0 Å². The zero-order valence-corrected chi connectivity index (χ0v) is 13.9. The lowest BCUT2D eigenvalue weighted by atomic mass is 9.67. The van der Waals surface area contributed by atoms with Crippen LogP contribution < -0.4 is 0 Å². The van der Waals surface area contributed by atoms with Gasteiger partial charge in [-0.25, -0.2) is 0 Å². The Hall–Kier alpha value is -3.13. The number of nitrogens with zero attached hydrogens (tertiary/aromatic N) is 1. The van der Waals surface area contributed by atoms with Crippen LogP contribution in [0.15, 0.2) is 108 Å². The molecule has 0 spiro atoms. The standard InChI is InChI=1S/C23H19NO/c1-4-10-19(11-5-1)23(18-22-16-17-24-25-22,20-12-6-2-7-13-20)21-14-8-3-9-15-21/h1-17H,18H2. The van der Waals surface area contributed by atoms with E-state index in [4.69, 9.17) is 4.52 Å². The predicted molar refractivity (Wildman–Crippen MR) is 99.4 cm³/mol. The molecule has 122 valence electrons. The largest absolute Gasteiger partial charge is 0.361 e. The summed E-state index contributed by atoms with van der Waals surface area (Å²) in [6.45, 7) is 0. The smallest absolute Gasteiger partial charge is 0.138 e. The Balaban J connectivity index is 2.01. The normalized spacial score (nSPS) is 11.4. The lowest BCUT2D eigenvalue weighted by molar-refractivity contribution is 0.366.